The van der Waals surface area contributed by atoms with Crippen LogP contribution in [-0.2, 0) is 4.74 Å². The summed E-state index contributed by atoms with van der Waals surface area (Å²) in [5.74, 6) is 0.222. The van der Waals surface area contributed by atoms with Gasteiger partial charge in [-0.3, -0.25) is 4.79 Å². The van der Waals surface area contributed by atoms with Crippen molar-refractivity contribution in [3.05, 3.63) is 29.3 Å². The molecule has 1 aliphatic rings. The monoisotopic (exact) mass is 358 g/mol. The van der Waals surface area contributed by atoms with Crippen LogP contribution in [0.1, 0.15) is 73.7 Å². The summed E-state index contributed by atoms with van der Waals surface area (Å²) in [6.07, 6.45) is 9.60. The van der Waals surface area contributed by atoms with Gasteiger partial charge in [0.25, 0.3) is 5.91 Å². The highest BCUT2D eigenvalue weighted by atomic mass is 16.5. The number of aromatic nitrogens is 3. The molecule has 0 saturated heterocycles. The Morgan fingerprint density at radius 1 is 1.27 bits per heavy atom. The SMILES string of the molecule is CCCCCOC1CCC(NC(=O)c2ncc3c(C)cc(C)nn23)CC1. The largest absolute Gasteiger partial charge is 0.378 e. The highest BCUT2D eigenvalue weighted by Crippen LogP contribution is 2.22. The lowest BCUT2D eigenvalue weighted by Crippen LogP contribution is -2.40. The van der Waals surface area contributed by atoms with Gasteiger partial charge in [0.15, 0.2) is 0 Å². The number of ether oxygens (including phenoxy) is 1. The number of aryl methyl sites for hydroxylation is 2. The van der Waals surface area contributed by atoms with Gasteiger partial charge in [-0.05, 0) is 57.6 Å². The molecule has 0 radical (unpaired) electrons. The molecule has 6 nitrogen and oxygen atoms in total. The number of imidazole rings is 1. The first-order valence-corrected chi connectivity index (χ1v) is 9.83. The molecule has 2 heterocycles. The van der Waals surface area contributed by atoms with E-state index in [9.17, 15) is 4.79 Å². The number of nitrogens with one attached hydrogen (secondary N) is 1. The van der Waals surface area contributed by atoms with E-state index in [-0.39, 0.29) is 11.9 Å². The lowest BCUT2D eigenvalue weighted by atomic mass is 9.93. The Labute approximate surface area is 155 Å². The molecular weight excluding hydrogens is 328 g/mol. The average Bonchev–Trinajstić information content (AvgIpc) is 3.04. The minimum Gasteiger partial charge on any atom is -0.378 e. The lowest BCUT2D eigenvalue weighted by molar-refractivity contribution is 0.0204. The van der Waals surface area contributed by atoms with E-state index in [1.165, 1.54) is 12.8 Å². The maximum absolute atomic E-state index is 12.7. The molecule has 0 unspecified atom stereocenters. The first kappa shape index (κ1) is 18.8. The molecule has 1 aliphatic carbocycles. The lowest BCUT2D eigenvalue weighted by Gasteiger charge is -2.29. The van der Waals surface area contributed by atoms with Crippen LogP contribution in [0.2, 0.25) is 0 Å². The first-order chi connectivity index (χ1) is 12.6. The van der Waals surface area contributed by atoms with Gasteiger partial charge in [0.2, 0.25) is 5.82 Å². The summed E-state index contributed by atoms with van der Waals surface area (Å²) in [4.78, 5) is 17.0. The van der Waals surface area contributed by atoms with Crippen LogP contribution >= 0.6 is 0 Å². The number of fused-ring (bicyclic) bond motifs is 1. The Balaban J connectivity index is 1.53. The zero-order valence-corrected chi connectivity index (χ0v) is 16.1. The number of unbranched alkanes of at least 4 members (excludes halogenated alkanes) is 2. The van der Waals surface area contributed by atoms with Gasteiger partial charge in [-0.1, -0.05) is 19.8 Å². The Kier molecular flexibility index (Phi) is 6.25. The fourth-order valence-electron chi connectivity index (χ4n) is 3.67. The maximum Gasteiger partial charge on any atom is 0.289 e. The second-order valence-electron chi connectivity index (χ2n) is 7.37. The Morgan fingerprint density at radius 2 is 2.04 bits per heavy atom. The predicted octanol–water partition coefficient (Wildman–Crippen LogP) is 3.59. The molecule has 0 atom stereocenters. The molecule has 1 amide bonds. The molecule has 3 rings (SSSR count). The van der Waals surface area contributed by atoms with Crippen LogP contribution < -0.4 is 5.32 Å². The van der Waals surface area contributed by atoms with E-state index < -0.39 is 0 Å². The molecule has 1 saturated carbocycles. The second-order valence-corrected chi connectivity index (χ2v) is 7.37. The molecule has 6 heteroatoms. The highest BCUT2D eigenvalue weighted by Gasteiger charge is 2.25. The van der Waals surface area contributed by atoms with Crippen LogP contribution in [0, 0.1) is 13.8 Å². The van der Waals surface area contributed by atoms with E-state index in [1.54, 1.807) is 10.7 Å². The van der Waals surface area contributed by atoms with Gasteiger partial charge >= 0.3 is 0 Å². The quantitative estimate of drug-likeness (QED) is 0.768. The summed E-state index contributed by atoms with van der Waals surface area (Å²) >= 11 is 0. The molecule has 1 fully saturated rings. The number of amides is 1. The van der Waals surface area contributed by atoms with Gasteiger partial charge in [-0.2, -0.15) is 5.10 Å². The summed E-state index contributed by atoms with van der Waals surface area (Å²) in [7, 11) is 0. The summed E-state index contributed by atoms with van der Waals surface area (Å²) in [6.45, 7) is 7.00. The molecule has 1 N–H and O–H groups in total. The minimum absolute atomic E-state index is 0.144. The van der Waals surface area contributed by atoms with Crippen molar-refractivity contribution < 1.29 is 9.53 Å². The van der Waals surface area contributed by atoms with Crippen LogP contribution in [0.25, 0.3) is 5.52 Å². The molecule has 26 heavy (non-hydrogen) atoms. The number of rotatable bonds is 7. The van der Waals surface area contributed by atoms with Crippen molar-refractivity contribution in [3.63, 3.8) is 0 Å². The molecule has 0 aromatic carbocycles. The standard InChI is InChI=1S/C20H30N4O2/c1-4-5-6-11-26-17-9-7-16(8-10-17)22-20(25)19-21-13-18-14(2)12-15(3)23-24(18)19/h12-13,16-17H,4-11H2,1-3H3,(H,22,25). The molecule has 0 spiro atoms. The summed E-state index contributed by atoms with van der Waals surface area (Å²) < 4.78 is 7.61. The minimum atomic E-state index is -0.144. The summed E-state index contributed by atoms with van der Waals surface area (Å²) in [5.41, 5.74) is 2.83. The van der Waals surface area contributed by atoms with Gasteiger partial charge in [0, 0.05) is 12.6 Å². The van der Waals surface area contributed by atoms with Crippen LogP contribution in [0.15, 0.2) is 12.3 Å². The van der Waals surface area contributed by atoms with E-state index in [0.717, 1.165) is 55.5 Å². The third-order valence-corrected chi connectivity index (χ3v) is 5.14. The Hall–Kier alpha value is -1.95. The smallest absolute Gasteiger partial charge is 0.289 e. The van der Waals surface area contributed by atoms with E-state index in [1.807, 2.05) is 19.9 Å². The van der Waals surface area contributed by atoms with Gasteiger partial charge in [0.1, 0.15) is 0 Å². The maximum atomic E-state index is 12.7. The topological polar surface area (TPSA) is 68.5 Å². The van der Waals surface area contributed by atoms with Crippen LogP contribution in [-0.4, -0.2) is 39.3 Å². The molecule has 2 aromatic rings. The average molecular weight is 358 g/mol. The zero-order chi connectivity index (χ0) is 18.5. The van der Waals surface area contributed by atoms with Gasteiger partial charge in [-0.15, -0.1) is 0 Å². The molecule has 142 valence electrons. The molecule has 0 bridgehead atoms. The zero-order valence-electron chi connectivity index (χ0n) is 16.1. The van der Waals surface area contributed by atoms with Crippen molar-refractivity contribution in [1.29, 1.82) is 0 Å². The predicted molar refractivity (Wildman–Crippen MR) is 101 cm³/mol. The normalized spacial score (nSPS) is 20.4. The van der Waals surface area contributed by atoms with Crippen LogP contribution in [0.4, 0.5) is 0 Å². The van der Waals surface area contributed by atoms with Crippen molar-refractivity contribution in [2.75, 3.05) is 6.61 Å². The van der Waals surface area contributed by atoms with E-state index >= 15 is 0 Å². The Morgan fingerprint density at radius 3 is 2.77 bits per heavy atom. The molecule has 0 aliphatic heterocycles. The van der Waals surface area contributed by atoms with Crippen molar-refractivity contribution >= 4 is 11.4 Å². The number of hydrogen-bond acceptors (Lipinski definition) is 4. The van der Waals surface area contributed by atoms with E-state index in [2.05, 4.69) is 22.3 Å². The van der Waals surface area contributed by atoms with Crippen molar-refractivity contribution in [2.24, 2.45) is 0 Å². The second kappa shape index (κ2) is 8.62. The highest BCUT2D eigenvalue weighted by molar-refractivity contribution is 5.92. The first-order valence-electron chi connectivity index (χ1n) is 9.83. The fraction of sp³-hybridized carbons (Fsp3) is 0.650. The fourth-order valence-corrected chi connectivity index (χ4v) is 3.67. The number of carbonyl (C=O) groups is 1. The summed E-state index contributed by atoms with van der Waals surface area (Å²) in [5, 5.41) is 7.58. The number of hydrogen-bond donors (Lipinski definition) is 1. The Bertz CT molecular complexity index is 748. The molecule has 2 aromatic heterocycles. The number of nitrogens with zero attached hydrogens (tertiary/aromatic N) is 3. The van der Waals surface area contributed by atoms with Gasteiger partial charge in [-0.25, -0.2) is 9.50 Å². The van der Waals surface area contributed by atoms with Gasteiger partial charge in [0.05, 0.1) is 23.5 Å². The van der Waals surface area contributed by atoms with Crippen molar-refractivity contribution in [3.8, 4) is 0 Å². The summed E-state index contributed by atoms with van der Waals surface area (Å²) in [6, 6.07) is 2.19. The molecular formula is C20H30N4O2. The van der Waals surface area contributed by atoms with Crippen LogP contribution in [0.3, 0.4) is 0 Å². The van der Waals surface area contributed by atoms with Crippen molar-refractivity contribution in [1.82, 2.24) is 19.9 Å². The van der Waals surface area contributed by atoms with Crippen LogP contribution in [0.5, 0.6) is 0 Å². The number of carbonyl (C=O) groups excluding carboxylic acids is 1. The third-order valence-electron chi connectivity index (χ3n) is 5.14. The third kappa shape index (κ3) is 4.41. The van der Waals surface area contributed by atoms with Crippen molar-refractivity contribution in [2.45, 2.75) is 77.9 Å². The van der Waals surface area contributed by atoms with Gasteiger partial charge < -0.3 is 10.1 Å². The van der Waals surface area contributed by atoms with E-state index in [4.69, 9.17) is 4.74 Å². The van der Waals surface area contributed by atoms with E-state index in [0.29, 0.717) is 11.9 Å².